The van der Waals surface area contributed by atoms with Gasteiger partial charge < -0.3 is 5.73 Å². The summed E-state index contributed by atoms with van der Waals surface area (Å²) >= 11 is 1.38. The van der Waals surface area contributed by atoms with Crippen molar-refractivity contribution in [2.45, 2.75) is 37.2 Å². The Balaban J connectivity index is 2.11. The van der Waals surface area contributed by atoms with E-state index in [9.17, 15) is 8.42 Å². The third kappa shape index (κ3) is 2.63. The van der Waals surface area contributed by atoms with E-state index in [1.54, 1.807) is 11.4 Å². The third-order valence-electron chi connectivity index (χ3n) is 2.81. The smallest absolute Gasteiger partial charge is 0.241 e. The average Bonchev–Trinajstić information content (AvgIpc) is 2.95. The standard InChI is InChI=1S/C10H16N2O2S2/c1-7(8-2-3-8)12-16(13,14)10-4-9(5-11)15-6-10/h4,6-8,12H,2-3,5,11H2,1H3. The van der Waals surface area contributed by atoms with E-state index in [-0.39, 0.29) is 6.04 Å². The van der Waals surface area contributed by atoms with Crippen molar-refractivity contribution in [3.05, 3.63) is 16.3 Å². The van der Waals surface area contributed by atoms with E-state index in [2.05, 4.69) is 4.72 Å². The maximum atomic E-state index is 12.0. The van der Waals surface area contributed by atoms with E-state index >= 15 is 0 Å². The largest absolute Gasteiger partial charge is 0.326 e. The minimum Gasteiger partial charge on any atom is -0.326 e. The number of hydrogen-bond donors (Lipinski definition) is 2. The van der Waals surface area contributed by atoms with Gasteiger partial charge in [0, 0.05) is 22.8 Å². The van der Waals surface area contributed by atoms with E-state index in [4.69, 9.17) is 5.73 Å². The maximum absolute atomic E-state index is 12.0. The SMILES string of the molecule is CC(NS(=O)(=O)c1csc(CN)c1)C1CC1. The molecule has 6 heteroatoms. The summed E-state index contributed by atoms with van der Waals surface area (Å²) in [5, 5.41) is 1.64. The molecule has 0 saturated heterocycles. The molecule has 1 aliphatic rings. The summed E-state index contributed by atoms with van der Waals surface area (Å²) in [6.45, 7) is 2.31. The predicted octanol–water partition coefficient (Wildman–Crippen LogP) is 1.28. The number of sulfonamides is 1. The quantitative estimate of drug-likeness (QED) is 0.837. The zero-order valence-corrected chi connectivity index (χ0v) is 10.8. The lowest BCUT2D eigenvalue weighted by molar-refractivity contribution is 0.538. The molecule has 0 aromatic carbocycles. The third-order valence-corrected chi connectivity index (χ3v) is 5.46. The molecule has 1 fully saturated rings. The number of nitrogens with two attached hydrogens (primary N) is 1. The van der Waals surface area contributed by atoms with Gasteiger partial charge in [0.1, 0.15) is 0 Å². The van der Waals surface area contributed by atoms with E-state index in [1.807, 2.05) is 6.92 Å². The normalized spacial score (nSPS) is 18.6. The van der Waals surface area contributed by atoms with Gasteiger partial charge in [-0.15, -0.1) is 11.3 Å². The van der Waals surface area contributed by atoms with Crippen LogP contribution in [0.2, 0.25) is 0 Å². The first-order valence-electron chi connectivity index (χ1n) is 5.33. The Kier molecular flexibility index (Phi) is 3.34. The molecule has 0 aliphatic heterocycles. The zero-order valence-electron chi connectivity index (χ0n) is 9.14. The van der Waals surface area contributed by atoms with Gasteiger partial charge in [0.05, 0.1) is 4.90 Å². The van der Waals surface area contributed by atoms with Crippen molar-refractivity contribution in [3.63, 3.8) is 0 Å². The zero-order chi connectivity index (χ0) is 11.8. The molecule has 0 bridgehead atoms. The maximum Gasteiger partial charge on any atom is 0.241 e. The topological polar surface area (TPSA) is 72.2 Å². The molecule has 4 nitrogen and oxygen atoms in total. The average molecular weight is 260 g/mol. The molecular weight excluding hydrogens is 244 g/mol. The first-order chi connectivity index (χ1) is 7.53. The monoisotopic (exact) mass is 260 g/mol. The van der Waals surface area contributed by atoms with Gasteiger partial charge in [-0.05, 0) is 31.7 Å². The van der Waals surface area contributed by atoms with Crippen LogP contribution in [0.4, 0.5) is 0 Å². The summed E-state index contributed by atoms with van der Waals surface area (Å²) in [5.41, 5.74) is 5.46. The van der Waals surface area contributed by atoms with Crippen LogP contribution in [0.15, 0.2) is 16.3 Å². The molecule has 1 saturated carbocycles. The molecule has 1 aliphatic carbocycles. The van der Waals surface area contributed by atoms with Crippen molar-refractivity contribution >= 4 is 21.4 Å². The summed E-state index contributed by atoms with van der Waals surface area (Å²) in [7, 11) is -3.35. The molecule has 0 amide bonds. The fourth-order valence-electron chi connectivity index (χ4n) is 1.61. The van der Waals surface area contributed by atoms with Gasteiger partial charge >= 0.3 is 0 Å². The Labute approximate surface area is 99.9 Å². The highest BCUT2D eigenvalue weighted by molar-refractivity contribution is 7.89. The van der Waals surface area contributed by atoms with Gasteiger partial charge in [-0.25, -0.2) is 13.1 Å². The minimum absolute atomic E-state index is 0.0335. The highest BCUT2D eigenvalue weighted by Crippen LogP contribution is 2.33. The molecule has 1 aromatic heterocycles. The van der Waals surface area contributed by atoms with Crippen molar-refractivity contribution < 1.29 is 8.42 Å². The molecule has 0 radical (unpaired) electrons. The van der Waals surface area contributed by atoms with Crippen molar-refractivity contribution in [1.82, 2.24) is 4.72 Å². The number of hydrogen-bond acceptors (Lipinski definition) is 4. The van der Waals surface area contributed by atoms with E-state index in [0.29, 0.717) is 17.4 Å². The van der Waals surface area contributed by atoms with Crippen LogP contribution >= 0.6 is 11.3 Å². The molecule has 2 rings (SSSR count). The molecule has 1 heterocycles. The number of rotatable bonds is 5. The van der Waals surface area contributed by atoms with Gasteiger partial charge in [-0.2, -0.15) is 0 Å². The number of thiophene rings is 1. The summed E-state index contributed by atoms with van der Waals surface area (Å²) in [4.78, 5) is 1.23. The van der Waals surface area contributed by atoms with Crippen LogP contribution in [0, 0.1) is 5.92 Å². The van der Waals surface area contributed by atoms with Crippen LogP contribution in [-0.2, 0) is 16.6 Å². The Morgan fingerprint density at radius 2 is 2.31 bits per heavy atom. The molecule has 1 aromatic rings. The van der Waals surface area contributed by atoms with Crippen LogP contribution in [0.1, 0.15) is 24.6 Å². The lowest BCUT2D eigenvalue weighted by atomic mass is 10.2. The van der Waals surface area contributed by atoms with Gasteiger partial charge in [-0.3, -0.25) is 0 Å². The summed E-state index contributed by atoms with van der Waals surface area (Å²) in [5.74, 6) is 0.516. The van der Waals surface area contributed by atoms with Crippen LogP contribution in [0.25, 0.3) is 0 Å². The predicted molar refractivity (Wildman–Crippen MR) is 64.7 cm³/mol. The summed E-state index contributed by atoms with van der Waals surface area (Å²) in [6.07, 6.45) is 2.25. The van der Waals surface area contributed by atoms with Crippen molar-refractivity contribution in [2.24, 2.45) is 11.7 Å². The molecule has 1 atom stereocenters. The lowest BCUT2D eigenvalue weighted by Crippen LogP contribution is -2.33. The van der Waals surface area contributed by atoms with Gasteiger partial charge in [0.15, 0.2) is 0 Å². The number of nitrogens with one attached hydrogen (secondary N) is 1. The lowest BCUT2D eigenvalue weighted by Gasteiger charge is -2.11. The van der Waals surface area contributed by atoms with E-state index in [0.717, 1.165) is 17.7 Å². The second-order valence-electron chi connectivity index (χ2n) is 4.20. The van der Waals surface area contributed by atoms with Crippen LogP contribution in [0.3, 0.4) is 0 Å². The molecule has 0 spiro atoms. The fourth-order valence-corrected chi connectivity index (χ4v) is 4.08. The summed E-state index contributed by atoms with van der Waals surface area (Å²) in [6, 6.07) is 1.68. The first kappa shape index (κ1) is 12.0. The molecule has 1 unspecified atom stereocenters. The Bertz CT molecular complexity index is 463. The van der Waals surface area contributed by atoms with Gasteiger partial charge in [-0.1, -0.05) is 0 Å². The Morgan fingerprint density at radius 3 is 2.81 bits per heavy atom. The molecule has 90 valence electrons. The Hall–Kier alpha value is -0.430. The highest BCUT2D eigenvalue weighted by atomic mass is 32.2. The van der Waals surface area contributed by atoms with Crippen molar-refractivity contribution in [3.8, 4) is 0 Å². The Morgan fingerprint density at radius 1 is 1.62 bits per heavy atom. The molecular formula is C10H16N2O2S2. The van der Waals surface area contributed by atoms with Crippen molar-refractivity contribution in [1.29, 1.82) is 0 Å². The first-order valence-corrected chi connectivity index (χ1v) is 7.69. The van der Waals surface area contributed by atoms with E-state index in [1.165, 1.54) is 11.3 Å². The van der Waals surface area contributed by atoms with Crippen LogP contribution in [0.5, 0.6) is 0 Å². The molecule has 16 heavy (non-hydrogen) atoms. The molecule has 3 N–H and O–H groups in total. The second kappa shape index (κ2) is 4.44. The summed E-state index contributed by atoms with van der Waals surface area (Å²) < 4.78 is 26.6. The van der Waals surface area contributed by atoms with Gasteiger partial charge in [0.25, 0.3) is 0 Å². The highest BCUT2D eigenvalue weighted by Gasteiger charge is 2.31. The fraction of sp³-hybridized carbons (Fsp3) is 0.600. The second-order valence-corrected chi connectivity index (χ2v) is 6.91. The van der Waals surface area contributed by atoms with E-state index < -0.39 is 10.0 Å². The van der Waals surface area contributed by atoms with Crippen LogP contribution < -0.4 is 10.5 Å². The van der Waals surface area contributed by atoms with Gasteiger partial charge in [0.2, 0.25) is 10.0 Å². The van der Waals surface area contributed by atoms with Crippen LogP contribution in [-0.4, -0.2) is 14.5 Å². The minimum atomic E-state index is -3.35. The van der Waals surface area contributed by atoms with Crippen molar-refractivity contribution in [2.75, 3.05) is 0 Å².